The molecule has 1 aliphatic heterocycles. The summed E-state index contributed by atoms with van der Waals surface area (Å²) in [6.45, 7) is 0. The lowest BCUT2D eigenvalue weighted by Crippen LogP contribution is -2.13. The Morgan fingerprint density at radius 2 is 1.89 bits per heavy atom. The minimum absolute atomic E-state index is 0.0371. The van der Waals surface area contributed by atoms with Crippen molar-refractivity contribution < 1.29 is 4.79 Å². The van der Waals surface area contributed by atoms with E-state index in [4.69, 9.17) is 4.98 Å². The van der Waals surface area contributed by atoms with Crippen molar-refractivity contribution in [1.29, 1.82) is 0 Å². The smallest absolute Gasteiger partial charge is 0.232 e. The first kappa shape index (κ1) is 16.0. The van der Waals surface area contributed by atoms with E-state index in [0.717, 1.165) is 54.7 Å². The first-order valence-electron chi connectivity index (χ1n) is 9.43. The Hall–Kier alpha value is -3.16. The lowest BCUT2D eigenvalue weighted by Gasteiger charge is -2.12. The summed E-state index contributed by atoms with van der Waals surface area (Å²) in [7, 11) is 0. The van der Waals surface area contributed by atoms with Gasteiger partial charge >= 0.3 is 0 Å². The van der Waals surface area contributed by atoms with Gasteiger partial charge in [0.25, 0.3) is 0 Å². The van der Waals surface area contributed by atoms with Gasteiger partial charge in [0.1, 0.15) is 0 Å². The number of benzene rings is 1. The number of amides is 1. The quantitative estimate of drug-likeness (QED) is 0.647. The number of carbonyl (C=O) groups excluding carboxylic acids is 1. The largest absolute Gasteiger partial charge is 0.351 e. The van der Waals surface area contributed by atoms with Crippen molar-refractivity contribution in [2.24, 2.45) is 0 Å². The van der Waals surface area contributed by atoms with E-state index < -0.39 is 0 Å². The minimum atomic E-state index is 0.0371. The summed E-state index contributed by atoms with van der Waals surface area (Å²) in [6.07, 6.45) is 7.25. The molecule has 8 heteroatoms. The standard InChI is InChI=1S/C19H21N7O/c27-16-7-2-1-4-12-11-20-26-17(12)24-18(25-19(26)23-13-8-9-13)22-15-6-3-5-14(10-15)21-16/h3,5-6,10-11,13H,1-2,4,7-9H2,(H,21,27)(H2,22,23,24,25). The molecule has 1 amide bonds. The Balaban J connectivity index is 1.59. The van der Waals surface area contributed by atoms with Crippen LogP contribution in [0.1, 0.15) is 37.7 Å². The van der Waals surface area contributed by atoms with Crippen molar-refractivity contribution in [3.05, 3.63) is 36.0 Å². The van der Waals surface area contributed by atoms with Crippen LogP contribution < -0.4 is 16.0 Å². The Bertz CT molecular complexity index is 1010. The minimum Gasteiger partial charge on any atom is -0.351 e. The van der Waals surface area contributed by atoms with Crippen LogP contribution in [0.5, 0.6) is 0 Å². The number of nitrogens with zero attached hydrogens (tertiary/aromatic N) is 4. The molecule has 0 spiro atoms. The molecule has 138 valence electrons. The van der Waals surface area contributed by atoms with E-state index in [-0.39, 0.29) is 5.91 Å². The predicted molar refractivity (Wildman–Crippen MR) is 103 cm³/mol. The summed E-state index contributed by atoms with van der Waals surface area (Å²) in [6, 6.07) is 8.07. The van der Waals surface area contributed by atoms with Crippen LogP contribution in [0.4, 0.5) is 23.3 Å². The molecule has 3 heterocycles. The predicted octanol–water partition coefficient (Wildman–Crippen LogP) is 3.11. The molecular weight excluding hydrogens is 342 g/mol. The van der Waals surface area contributed by atoms with Crippen molar-refractivity contribution in [2.45, 2.75) is 44.6 Å². The summed E-state index contributed by atoms with van der Waals surface area (Å²) in [5.74, 6) is 1.27. The third-order valence-electron chi connectivity index (χ3n) is 4.85. The summed E-state index contributed by atoms with van der Waals surface area (Å²) in [5, 5.41) is 14.2. The average Bonchev–Trinajstić information content (AvgIpc) is 3.37. The molecule has 1 aromatic carbocycles. The molecule has 1 fully saturated rings. The molecule has 3 aromatic rings. The summed E-state index contributed by atoms with van der Waals surface area (Å²) < 4.78 is 1.79. The highest BCUT2D eigenvalue weighted by molar-refractivity contribution is 5.91. The van der Waals surface area contributed by atoms with E-state index in [2.05, 4.69) is 26.0 Å². The molecule has 27 heavy (non-hydrogen) atoms. The first-order chi connectivity index (χ1) is 13.2. The number of aryl methyl sites for hydroxylation is 1. The van der Waals surface area contributed by atoms with Crippen LogP contribution in [-0.2, 0) is 11.2 Å². The molecular formula is C19H21N7O. The fourth-order valence-corrected chi connectivity index (χ4v) is 3.29. The SMILES string of the molecule is O=C1CCCCc2cnn3c(NC4CC4)nc(nc23)Nc2cccc(c2)N1. The van der Waals surface area contributed by atoms with Crippen LogP contribution in [0, 0.1) is 0 Å². The Morgan fingerprint density at radius 3 is 2.74 bits per heavy atom. The third kappa shape index (κ3) is 3.42. The Labute approximate surface area is 156 Å². The molecule has 3 N–H and O–H groups in total. The van der Waals surface area contributed by atoms with Gasteiger partial charge in [-0.15, -0.1) is 0 Å². The van der Waals surface area contributed by atoms with E-state index in [0.29, 0.717) is 24.4 Å². The number of hydrogen-bond acceptors (Lipinski definition) is 6. The van der Waals surface area contributed by atoms with Crippen molar-refractivity contribution in [1.82, 2.24) is 19.6 Å². The highest BCUT2D eigenvalue weighted by atomic mass is 16.1. The van der Waals surface area contributed by atoms with Crippen LogP contribution >= 0.6 is 0 Å². The van der Waals surface area contributed by atoms with Crippen LogP contribution in [0.2, 0.25) is 0 Å². The lowest BCUT2D eigenvalue weighted by molar-refractivity contribution is -0.116. The van der Waals surface area contributed by atoms with E-state index in [9.17, 15) is 4.79 Å². The number of hydrogen-bond donors (Lipinski definition) is 3. The highest BCUT2D eigenvalue weighted by Crippen LogP contribution is 2.27. The molecule has 8 nitrogen and oxygen atoms in total. The molecule has 4 bridgehead atoms. The molecule has 0 atom stereocenters. The zero-order valence-electron chi connectivity index (χ0n) is 14.9. The van der Waals surface area contributed by atoms with E-state index in [1.165, 1.54) is 0 Å². The third-order valence-corrected chi connectivity index (χ3v) is 4.85. The van der Waals surface area contributed by atoms with Crippen LogP contribution in [0.3, 0.4) is 0 Å². The van der Waals surface area contributed by atoms with Gasteiger partial charge in [0.05, 0.1) is 6.20 Å². The Kier molecular flexibility index (Phi) is 3.88. The van der Waals surface area contributed by atoms with Gasteiger partial charge in [-0.25, -0.2) is 0 Å². The summed E-state index contributed by atoms with van der Waals surface area (Å²) in [5.41, 5.74) is 3.48. The van der Waals surface area contributed by atoms with Crippen molar-refractivity contribution in [3.63, 3.8) is 0 Å². The number of rotatable bonds is 2. The fraction of sp³-hybridized carbons (Fsp3) is 0.368. The molecule has 2 aromatic heterocycles. The normalized spacial score (nSPS) is 17.3. The molecule has 0 saturated heterocycles. The van der Waals surface area contributed by atoms with Gasteiger partial charge < -0.3 is 16.0 Å². The van der Waals surface area contributed by atoms with E-state index >= 15 is 0 Å². The second-order valence-electron chi connectivity index (χ2n) is 7.16. The van der Waals surface area contributed by atoms with E-state index in [1.807, 2.05) is 30.5 Å². The second kappa shape index (κ2) is 6.53. The number of fused-ring (bicyclic) bond motifs is 3. The van der Waals surface area contributed by atoms with Crippen molar-refractivity contribution >= 4 is 34.8 Å². The zero-order valence-corrected chi connectivity index (χ0v) is 14.9. The molecule has 1 aliphatic carbocycles. The number of anilines is 4. The monoisotopic (exact) mass is 363 g/mol. The second-order valence-corrected chi connectivity index (χ2v) is 7.16. The maximum atomic E-state index is 12.1. The maximum Gasteiger partial charge on any atom is 0.232 e. The van der Waals surface area contributed by atoms with Crippen molar-refractivity contribution in [3.8, 4) is 0 Å². The molecule has 0 unspecified atom stereocenters. The summed E-state index contributed by atoms with van der Waals surface area (Å²) >= 11 is 0. The van der Waals surface area contributed by atoms with E-state index in [1.54, 1.807) is 4.52 Å². The van der Waals surface area contributed by atoms with Gasteiger partial charge in [0.15, 0.2) is 5.65 Å². The van der Waals surface area contributed by atoms with Gasteiger partial charge in [-0.05, 0) is 50.3 Å². The van der Waals surface area contributed by atoms with Gasteiger partial charge in [-0.1, -0.05) is 6.07 Å². The van der Waals surface area contributed by atoms with Gasteiger partial charge in [0, 0.05) is 29.4 Å². The number of aromatic nitrogens is 4. The van der Waals surface area contributed by atoms with Crippen molar-refractivity contribution in [2.75, 3.05) is 16.0 Å². The van der Waals surface area contributed by atoms with Gasteiger partial charge in [-0.3, -0.25) is 4.79 Å². The van der Waals surface area contributed by atoms with Gasteiger partial charge in [0.2, 0.25) is 17.8 Å². The maximum absolute atomic E-state index is 12.1. The molecule has 0 radical (unpaired) electrons. The number of carbonyl (C=O) groups is 1. The van der Waals surface area contributed by atoms with Crippen LogP contribution in [-0.4, -0.2) is 31.5 Å². The fourth-order valence-electron chi connectivity index (χ4n) is 3.29. The molecule has 1 saturated carbocycles. The van der Waals surface area contributed by atoms with Gasteiger partial charge in [-0.2, -0.15) is 19.6 Å². The van der Waals surface area contributed by atoms with Crippen LogP contribution in [0.15, 0.2) is 30.5 Å². The first-order valence-corrected chi connectivity index (χ1v) is 9.43. The molecule has 5 rings (SSSR count). The Morgan fingerprint density at radius 1 is 1.07 bits per heavy atom. The zero-order chi connectivity index (χ0) is 18.2. The topological polar surface area (TPSA) is 96.2 Å². The lowest BCUT2D eigenvalue weighted by atomic mass is 10.1. The molecule has 2 aliphatic rings. The average molecular weight is 363 g/mol. The number of nitrogens with one attached hydrogen (secondary N) is 3. The van der Waals surface area contributed by atoms with Crippen LogP contribution in [0.25, 0.3) is 5.65 Å². The highest BCUT2D eigenvalue weighted by Gasteiger charge is 2.24. The summed E-state index contributed by atoms with van der Waals surface area (Å²) in [4.78, 5) is 21.5.